The summed E-state index contributed by atoms with van der Waals surface area (Å²) in [4.78, 5) is 12.4. The monoisotopic (exact) mass is 289 g/mol. The summed E-state index contributed by atoms with van der Waals surface area (Å²) in [7, 11) is 1.82. The summed E-state index contributed by atoms with van der Waals surface area (Å²) in [5.74, 6) is 0.814. The number of hydrogen-bond acceptors (Lipinski definition) is 5. The fraction of sp³-hybridized carbons (Fsp3) is 0.357. The third-order valence-corrected chi connectivity index (χ3v) is 3.06. The van der Waals surface area contributed by atoms with Crippen LogP contribution in [0, 0.1) is 0 Å². The van der Waals surface area contributed by atoms with Gasteiger partial charge in [0.05, 0.1) is 23.9 Å². The Bertz CT molecular complexity index is 638. The van der Waals surface area contributed by atoms with Gasteiger partial charge in [-0.25, -0.2) is 0 Å². The number of amides is 1. The van der Waals surface area contributed by atoms with Gasteiger partial charge in [-0.1, -0.05) is 6.07 Å². The fourth-order valence-electron chi connectivity index (χ4n) is 2.06. The van der Waals surface area contributed by atoms with Gasteiger partial charge in [-0.15, -0.1) is 10.2 Å². The number of nitrogens with two attached hydrogens (primary N) is 1. The maximum absolute atomic E-state index is 12.4. The van der Waals surface area contributed by atoms with Crippen LogP contribution in [0.3, 0.4) is 0 Å². The van der Waals surface area contributed by atoms with Crippen LogP contribution < -0.4 is 15.8 Å². The van der Waals surface area contributed by atoms with Crippen molar-refractivity contribution in [3.05, 3.63) is 35.9 Å². The molecular formula is C14H19N5O2. The summed E-state index contributed by atoms with van der Waals surface area (Å²) >= 11 is 0. The summed E-state index contributed by atoms with van der Waals surface area (Å²) < 4.78 is 7.22. The van der Waals surface area contributed by atoms with Crippen LogP contribution in [-0.4, -0.2) is 27.3 Å². The number of aromatic nitrogens is 3. The molecule has 0 bridgehead atoms. The average molecular weight is 289 g/mol. The molecule has 0 aliphatic carbocycles. The highest BCUT2D eigenvalue weighted by molar-refractivity contribution is 5.98. The maximum atomic E-state index is 12.4. The molecule has 1 atom stereocenters. The minimum Gasteiger partial charge on any atom is -0.491 e. The molecule has 2 aromatic rings. The van der Waals surface area contributed by atoms with Gasteiger partial charge in [-0.2, -0.15) is 0 Å². The minimum absolute atomic E-state index is 0.263. The number of nitrogens with one attached hydrogen (secondary N) is 1. The molecule has 0 radical (unpaired) electrons. The molecule has 0 saturated carbocycles. The number of anilines is 1. The largest absolute Gasteiger partial charge is 0.491 e. The molecule has 2 rings (SSSR count). The van der Waals surface area contributed by atoms with Gasteiger partial charge in [-0.05, 0) is 26.0 Å². The molecule has 1 aromatic carbocycles. The van der Waals surface area contributed by atoms with Gasteiger partial charge in [-0.3, -0.25) is 4.79 Å². The number of benzene rings is 1. The van der Waals surface area contributed by atoms with Crippen molar-refractivity contribution < 1.29 is 9.53 Å². The van der Waals surface area contributed by atoms with Crippen LogP contribution in [0.5, 0.6) is 5.75 Å². The smallest absolute Gasteiger partial charge is 0.255 e. The maximum Gasteiger partial charge on any atom is 0.255 e. The Labute approximate surface area is 123 Å². The molecule has 7 heteroatoms. The number of hydrogen-bond donors (Lipinski definition) is 2. The van der Waals surface area contributed by atoms with Gasteiger partial charge < -0.3 is 20.4 Å². The number of nitrogen functional groups attached to an aromatic ring is 1. The minimum atomic E-state index is -0.277. The molecule has 0 aliphatic heterocycles. The number of nitrogens with zero attached hydrogens (tertiary/aromatic N) is 3. The summed E-state index contributed by atoms with van der Waals surface area (Å²) in [6.07, 6.45) is 1.59. The first-order valence-corrected chi connectivity index (χ1v) is 6.70. The van der Waals surface area contributed by atoms with Gasteiger partial charge in [0, 0.05) is 7.05 Å². The molecule has 0 saturated heterocycles. The zero-order valence-corrected chi connectivity index (χ0v) is 12.3. The Hall–Kier alpha value is -2.57. The second-order valence-corrected chi connectivity index (χ2v) is 4.65. The highest BCUT2D eigenvalue weighted by atomic mass is 16.5. The van der Waals surface area contributed by atoms with Crippen molar-refractivity contribution in [3.8, 4) is 5.75 Å². The van der Waals surface area contributed by atoms with E-state index in [1.165, 1.54) is 0 Å². The number of carbonyl (C=O) groups excluding carboxylic acids is 1. The highest BCUT2D eigenvalue weighted by Crippen LogP contribution is 2.26. The van der Waals surface area contributed by atoms with Gasteiger partial charge in [0.1, 0.15) is 6.33 Å². The topological polar surface area (TPSA) is 95.1 Å². The van der Waals surface area contributed by atoms with Crippen molar-refractivity contribution >= 4 is 11.6 Å². The Balaban J connectivity index is 2.21. The van der Waals surface area contributed by atoms with Crippen LogP contribution in [0.1, 0.15) is 36.1 Å². The molecule has 7 nitrogen and oxygen atoms in total. The first-order chi connectivity index (χ1) is 10.0. The van der Waals surface area contributed by atoms with Crippen LogP contribution in [0.15, 0.2) is 24.5 Å². The van der Waals surface area contributed by atoms with Crippen LogP contribution in [0.25, 0.3) is 0 Å². The van der Waals surface area contributed by atoms with Gasteiger partial charge in [0.25, 0.3) is 5.91 Å². The van der Waals surface area contributed by atoms with E-state index in [1.807, 2.05) is 20.9 Å². The molecule has 1 amide bonds. The average Bonchev–Trinajstić information content (AvgIpc) is 2.87. The molecule has 112 valence electrons. The van der Waals surface area contributed by atoms with E-state index in [1.54, 1.807) is 29.1 Å². The van der Waals surface area contributed by atoms with Crippen molar-refractivity contribution in [3.63, 3.8) is 0 Å². The Kier molecular flexibility index (Phi) is 4.42. The molecule has 0 aliphatic rings. The van der Waals surface area contributed by atoms with Crippen LogP contribution in [-0.2, 0) is 7.05 Å². The molecule has 1 unspecified atom stereocenters. The number of ether oxygens (including phenoxy) is 1. The Morgan fingerprint density at radius 1 is 1.52 bits per heavy atom. The van der Waals surface area contributed by atoms with E-state index < -0.39 is 0 Å². The summed E-state index contributed by atoms with van der Waals surface area (Å²) in [5, 5.41) is 10.6. The molecule has 1 heterocycles. The third-order valence-electron chi connectivity index (χ3n) is 3.06. The lowest BCUT2D eigenvalue weighted by Crippen LogP contribution is -2.29. The number of aryl methyl sites for hydroxylation is 1. The lowest BCUT2D eigenvalue weighted by molar-refractivity contribution is 0.0934. The van der Waals surface area contributed by atoms with Crippen molar-refractivity contribution in [1.82, 2.24) is 20.1 Å². The molecule has 1 aromatic heterocycles. The van der Waals surface area contributed by atoms with Gasteiger partial charge in [0.2, 0.25) is 0 Å². The van der Waals surface area contributed by atoms with Crippen molar-refractivity contribution in [2.45, 2.75) is 19.9 Å². The van der Waals surface area contributed by atoms with Crippen molar-refractivity contribution in [2.24, 2.45) is 7.05 Å². The highest BCUT2D eigenvalue weighted by Gasteiger charge is 2.19. The summed E-state index contributed by atoms with van der Waals surface area (Å²) in [6.45, 7) is 4.12. The van der Waals surface area contributed by atoms with E-state index in [-0.39, 0.29) is 11.9 Å². The molecule has 3 N–H and O–H groups in total. The molecule has 0 spiro atoms. The fourth-order valence-corrected chi connectivity index (χ4v) is 2.06. The van der Waals surface area contributed by atoms with E-state index in [0.29, 0.717) is 29.4 Å². The van der Waals surface area contributed by atoms with Crippen LogP contribution >= 0.6 is 0 Å². The van der Waals surface area contributed by atoms with Crippen molar-refractivity contribution in [2.75, 3.05) is 12.3 Å². The number of rotatable bonds is 5. The quantitative estimate of drug-likeness (QED) is 0.809. The van der Waals surface area contributed by atoms with Crippen LogP contribution in [0.2, 0.25) is 0 Å². The molecular weight excluding hydrogens is 270 g/mol. The first-order valence-electron chi connectivity index (χ1n) is 6.70. The van der Waals surface area contributed by atoms with E-state index in [2.05, 4.69) is 15.5 Å². The number of para-hydroxylation sites is 1. The zero-order valence-electron chi connectivity index (χ0n) is 12.3. The lowest BCUT2D eigenvalue weighted by Gasteiger charge is -2.16. The normalized spacial score (nSPS) is 12.0. The lowest BCUT2D eigenvalue weighted by atomic mass is 10.1. The number of carbonyl (C=O) groups is 1. The van der Waals surface area contributed by atoms with E-state index in [0.717, 1.165) is 0 Å². The standard InChI is InChI=1S/C14H19N5O2/c1-4-21-12-10(6-5-7-11(12)15)14(20)17-9(2)13-18-16-8-19(13)3/h5-9H,4,15H2,1-3H3,(H,17,20). The Morgan fingerprint density at radius 3 is 2.90 bits per heavy atom. The Morgan fingerprint density at radius 2 is 2.29 bits per heavy atom. The van der Waals surface area contributed by atoms with E-state index in [9.17, 15) is 4.79 Å². The second-order valence-electron chi connectivity index (χ2n) is 4.65. The van der Waals surface area contributed by atoms with Crippen molar-refractivity contribution in [1.29, 1.82) is 0 Å². The predicted molar refractivity (Wildman–Crippen MR) is 78.9 cm³/mol. The zero-order chi connectivity index (χ0) is 15.4. The van der Waals surface area contributed by atoms with Gasteiger partial charge in [0.15, 0.2) is 11.6 Å². The summed E-state index contributed by atoms with van der Waals surface area (Å²) in [6, 6.07) is 4.83. The molecule has 21 heavy (non-hydrogen) atoms. The SMILES string of the molecule is CCOc1c(N)cccc1C(=O)NC(C)c1nncn1C. The third kappa shape index (κ3) is 3.13. The molecule has 0 fully saturated rings. The summed E-state index contributed by atoms with van der Waals surface area (Å²) in [5.41, 5.74) is 6.71. The predicted octanol–water partition coefficient (Wildman–Crippen LogP) is 1.29. The van der Waals surface area contributed by atoms with E-state index in [4.69, 9.17) is 10.5 Å². The first kappa shape index (κ1) is 14.8. The van der Waals surface area contributed by atoms with Crippen LogP contribution in [0.4, 0.5) is 5.69 Å². The van der Waals surface area contributed by atoms with E-state index >= 15 is 0 Å². The van der Waals surface area contributed by atoms with Gasteiger partial charge >= 0.3 is 0 Å². The second kappa shape index (κ2) is 6.25.